The summed E-state index contributed by atoms with van der Waals surface area (Å²) in [5, 5.41) is 0. The first-order chi connectivity index (χ1) is 10.1. The Morgan fingerprint density at radius 3 is 1.59 bits per heavy atom. The first-order valence-corrected chi connectivity index (χ1v) is 5.31. The van der Waals surface area contributed by atoms with E-state index >= 15 is 0 Å². The van der Waals surface area contributed by atoms with Crippen molar-refractivity contribution in [2.24, 2.45) is 0 Å². The van der Waals surface area contributed by atoms with Crippen molar-refractivity contribution < 1.29 is 39.5 Å². The standard InChI is InChI=1S/C12H2F9N/c13-3-1-2-4(22-11(3)12(19,20)21)5-6(14)8(16)10(18)9(17)7(5)15/h1-2H. The molecule has 2 aromatic rings. The summed E-state index contributed by atoms with van der Waals surface area (Å²) in [6.45, 7) is 0. The number of benzene rings is 1. The predicted octanol–water partition coefficient (Wildman–Crippen LogP) is 4.60. The molecule has 0 bridgehead atoms. The van der Waals surface area contributed by atoms with Crippen LogP contribution in [0.2, 0.25) is 0 Å². The average molecular weight is 331 g/mol. The average Bonchev–Trinajstić information content (AvgIpc) is 2.43. The summed E-state index contributed by atoms with van der Waals surface area (Å²) in [6.07, 6.45) is -5.32. The van der Waals surface area contributed by atoms with Crippen LogP contribution in [0.4, 0.5) is 39.5 Å². The zero-order valence-electron chi connectivity index (χ0n) is 10.0. The van der Waals surface area contributed by atoms with Gasteiger partial charge in [0.2, 0.25) is 5.82 Å². The largest absolute Gasteiger partial charge is 0.436 e. The highest BCUT2D eigenvalue weighted by Gasteiger charge is 2.37. The maximum absolute atomic E-state index is 13.5. The Hall–Kier alpha value is -2.26. The van der Waals surface area contributed by atoms with Crippen LogP contribution in [0.1, 0.15) is 5.69 Å². The molecule has 0 saturated heterocycles. The molecule has 1 heterocycles. The van der Waals surface area contributed by atoms with Gasteiger partial charge < -0.3 is 0 Å². The monoisotopic (exact) mass is 331 g/mol. The molecule has 0 aliphatic rings. The summed E-state index contributed by atoms with van der Waals surface area (Å²) >= 11 is 0. The van der Waals surface area contributed by atoms with Crippen LogP contribution in [0.3, 0.4) is 0 Å². The van der Waals surface area contributed by atoms with Gasteiger partial charge in [-0.25, -0.2) is 31.3 Å². The fourth-order valence-corrected chi connectivity index (χ4v) is 1.61. The van der Waals surface area contributed by atoms with Crippen LogP contribution in [0.25, 0.3) is 11.3 Å². The molecule has 0 aliphatic carbocycles. The van der Waals surface area contributed by atoms with Crippen molar-refractivity contribution in [3.63, 3.8) is 0 Å². The Balaban J connectivity index is 2.79. The van der Waals surface area contributed by atoms with Crippen molar-refractivity contribution in [2.45, 2.75) is 6.18 Å². The highest BCUT2D eigenvalue weighted by Crippen LogP contribution is 2.34. The Kier molecular flexibility index (Phi) is 3.80. The molecule has 1 aromatic heterocycles. The van der Waals surface area contributed by atoms with Gasteiger partial charge in [-0.3, -0.25) is 0 Å². The number of hydrogen-bond donors (Lipinski definition) is 0. The molecule has 1 aromatic carbocycles. The molecular formula is C12H2F9N. The lowest BCUT2D eigenvalue weighted by Gasteiger charge is -2.11. The molecular weight excluding hydrogens is 329 g/mol. The Bertz CT molecular complexity index is 722. The second-order valence-corrected chi connectivity index (χ2v) is 3.97. The summed E-state index contributed by atoms with van der Waals surface area (Å²) in [4.78, 5) is 2.61. The molecule has 0 amide bonds. The van der Waals surface area contributed by atoms with E-state index in [2.05, 4.69) is 4.98 Å². The first-order valence-electron chi connectivity index (χ1n) is 5.31. The summed E-state index contributed by atoms with van der Waals surface area (Å²) in [5.41, 5.74) is -5.07. The zero-order chi connectivity index (χ0) is 16.8. The van der Waals surface area contributed by atoms with Gasteiger partial charge in [0, 0.05) is 0 Å². The summed E-state index contributed by atoms with van der Waals surface area (Å²) in [6, 6.07) is 0.520. The molecule has 0 N–H and O–H groups in total. The second kappa shape index (κ2) is 5.18. The lowest BCUT2D eigenvalue weighted by molar-refractivity contribution is -0.143. The van der Waals surface area contributed by atoms with Gasteiger partial charge in [0.1, 0.15) is 0 Å². The highest BCUT2D eigenvalue weighted by molar-refractivity contribution is 5.61. The fourth-order valence-electron chi connectivity index (χ4n) is 1.61. The van der Waals surface area contributed by atoms with E-state index in [1.807, 2.05) is 0 Å². The van der Waals surface area contributed by atoms with Crippen LogP contribution in [0.5, 0.6) is 0 Å². The van der Waals surface area contributed by atoms with Gasteiger partial charge >= 0.3 is 6.18 Å². The van der Waals surface area contributed by atoms with Crippen LogP contribution < -0.4 is 0 Å². The molecule has 118 valence electrons. The Morgan fingerprint density at radius 2 is 1.14 bits per heavy atom. The molecule has 0 spiro atoms. The molecule has 0 fully saturated rings. The lowest BCUT2D eigenvalue weighted by Crippen LogP contribution is -2.13. The Labute approximate surface area is 116 Å². The van der Waals surface area contributed by atoms with Gasteiger partial charge in [0.15, 0.2) is 34.8 Å². The van der Waals surface area contributed by atoms with Gasteiger partial charge in [-0.2, -0.15) is 13.2 Å². The van der Waals surface area contributed by atoms with Crippen molar-refractivity contribution in [3.05, 3.63) is 52.7 Å². The van der Waals surface area contributed by atoms with Crippen molar-refractivity contribution in [1.82, 2.24) is 4.98 Å². The van der Waals surface area contributed by atoms with Gasteiger partial charge in [0.25, 0.3) is 0 Å². The first kappa shape index (κ1) is 16.1. The number of pyridine rings is 1. The third kappa shape index (κ3) is 2.48. The Morgan fingerprint density at radius 1 is 0.682 bits per heavy atom. The van der Waals surface area contributed by atoms with Gasteiger partial charge in [-0.1, -0.05) is 0 Å². The van der Waals surface area contributed by atoms with Crippen LogP contribution in [0.15, 0.2) is 12.1 Å². The van der Waals surface area contributed by atoms with E-state index in [1.165, 1.54) is 0 Å². The number of nitrogens with zero attached hydrogens (tertiary/aromatic N) is 1. The van der Waals surface area contributed by atoms with Crippen LogP contribution in [-0.2, 0) is 6.18 Å². The zero-order valence-corrected chi connectivity index (χ0v) is 10.0. The highest BCUT2D eigenvalue weighted by atomic mass is 19.4. The third-order valence-electron chi connectivity index (χ3n) is 2.58. The number of rotatable bonds is 1. The normalized spacial score (nSPS) is 11.9. The van der Waals surface area contributed by atoms with Gasteiger partial charge in [-0.15, -0.1) is 0 Å². The maximum Gasteiger partial charge on any atom is 0.436 e. The van der Waals surface area contributed by atoms with E-state index in [4.69, 9.17) is 0 Å². The number of halogens is 9. The van der Waals surface area contributed by atoms with Crippen molar-refractivity contribution in [3.8, 4) is 11.3 Å². The topological polar surface area (TPSA) is 12.9 Å². The smallest absolute Gasteiger partial charge is 0.240 e. The van der Waals surface area contributed by atoms with Crippen molar-refractivity contribution in [2.75, 3.05) is 0 Å². The third-order valence-corrected chi connectivity index (χ3v) is 2.58. The summed E-state index contributed by atoms with van der Waals surface area (Å²) in [5.74, 6) is -13.8. The molecule has 0 aliphatic heterocycles. The van der Waals surface area contributed by atoms with Gasteiger partial charge in [-0.05, 0) is 12.1 Å². The second-order valence-electron chi connectivity index (χ2n) is 3.97. The van der Waals surface area contributed by atoms with Crippen molar-refractivity contribution >= 4 is 0 Å². The molecule has 0 saturated carbocycles. The van der Waals surface area contributed by atoms with Crippen molar-refractivity contribution in [1.29, 1.82) is 0 Å². The minimum absolute atomic E-state index is 0.156. The predicted molar refractivity (Wildman–Crippen MR) is 54.4 cm³/mol. The lowest BCUT2D eigenvalue weighted by atomic mass is 10.1. The molecule has 22 heavy (non-hydrogen) atoms. The fraction of sp³-hybridized carbons (Fsp3) is 0.0833. The number of hydrogen-bond acceptors (Lipinski definition) is 1. The number of alkyl halides is 3. The van der Waals surface area contributed by atoms with E-state index in [-0.39, 0.29) is 6.07 Å². The molecule has 2 rings (SSSR count). The quantitative estimate of drug-likeness (QED) is 0.423. The minimum atomic E-state index is -5.32. The van der Waals surface area contributed by atoms with E-state index in [9.17, 15) is 39.5 Å². The molecule has 0 radical (unpaired) electrons. The SMILES string of the molecule is Fc1ccc(-c2c(F)c(F)c(F)c(F)c2F)nc1C(F)(F)F. The van der Waals surface area contributed by atoms with E-state index in [0.29, 0.717) is 6.07 Å². The molecule has 0 atom stereocenters. The van der Waals surface area contributed by atoms with Crippen LogP contribution in [0, 0.1) is 34.9 Å². The van der Waals surface area contributed by atoms with E-state index in [0.717, 1.165) is 0 Å². The molecule has 1 nitrogen and oxygen atoms in total. The molecule has 0 unspecified atom stereocenters. The number of aromatic nitrogens is 1. The summed E-state index contributed by atoms with van der Waals surface area (Å²) < 4.78 is 116. The van der Waals surface area contributed by atoms with Crippen LogP contribution >= 0.6 is 0 Å². The molecule has 10 heteroatoms. The maximum atomic E-state index is 13.5. The van der Waals surface area contributed by atoms with E-state index in [1.54, 1.807) is 0 Å². The van der Waals surface area contributed by atoms with Gasteiger partial charge in [0.05, 0.1) is 11.3 Å². The van der Waals surface area contributed by atoms with E-state index < -0.39 is 58.0 Å². The van der Waals surface area contributed by atoms with Crippen LogP contribution in [-0.4, -0.2) is 4.98 Å². The minimum Gasteiger partial charge on any atom is -0.240 e. The summed E-state index contributed by atoms with van der Waals surface area (Å²) in [7, 11) is 0.